The van der Waals surface area contributed by atoms with Crippen LogP contribution in [0, 0.1) is 11.6 Å². The summed E-state index contributed by atoms with van der Waals surface area (Å²) in [5, 5.41) is 8.22. The fourth-order valence-corrected chi connectivity index (χ4v) is 3.98. The first kappa shape index (κ1) is 26.3. The molecule has 0 aromatic heterocycles. The van der Waals surface area contributed by atoms with Crippen LogP contribution < -0.4 is 20.9 Å². The van der Waals surface area contributed by atoms with E-state index in [1.165, 1.54) is 7.05 Å². The highest BCUT2D eigenvalue weighted by molar-refractivity contribution is 6.34. The van der Waals surface area contributed by atoms with Crippen molar-refractivity contribution in [1.82, 2.24) is 0 Å². The number of aliphatic hydroxyl groups excluding tert-OH is 1. The molecule has 1 unspecified atom stereocenters. The van der Waals surface area contributed by atoms with E-state index in [0.717, 1.165) is 23.8 Å². The standard InChI is InChI=1S/C23H16ClF4NO4.CH5N/c24-20-14(25)9-17-13(8-16(32-17)11-4-2-1-3-5-11)18(20)19-12(22(29)31)6-7-15(21(19)26)33-23(27,28)10-30;1-2/h1-7,9,16,30H,8,10H2,(H2,29,31);2H2,1H3. The number of primary amides is 1. The van der Waals surface area contributed by atoms with Crippen molar-refractivity contribution in [3.05, 3.63) is 81.9 Å². The van der Waals surface area contributed by atoms with E-state index in [4.69, 9.17) is 27.2 Å². The van der Waals surface area contributed by atoms with Crippen molar-refractivity contribution in [3.63, 3.8) is 0 Å². The van der Waals surface area contributed by atoms with Crippen LogP contribution in [0.4, 0.5) is 17.6 Å². The Hall–Kier alpha value is -3.34. The number of amides is 1. The van der Waals surface area contributed by atoms with Crippen LogP contribution in [0.3, 0.4) is 0 Å². The zero-order chi connectivity index (χ0) is 25.9. The summed E-state index contributed by atoms with van der Waals surface area (Å²) in [5.41, 5.74) is 9.61. The maximum absolute atomic E-state index is 15.5. The number of ether oxygens (including phenoxy) is 2. The predicted octanol–water partition coefficient (Wildman–Crippen LogP) is 4.60. The normalized spacial score (nSPS) is 14.5. The molecule has 1 heterocycles. The minimum atomic E-state index is -4.11. The number of nitrogens with two attached hydrogens (primary N) is 2. The molecule has 1 atom stereocenters. The van der Waals surface area contributed by atoms with Crippen LogP contribution in [0.5, 0.6) is 11.5 Å². The van der Waals surface area contributed by atoms with Gasteiger partial charge in [0.1, 0.15) is 24.3 Å². The van der Waals surface area contributed by atoms with Gasteiger partial charge < -0.3 is 26.0 Å². The van der Waals surface area contributed by atoms with Gasteiger partial charge in [0.25, 0.3) is 0 Å². The van der Waals surface area contributed by atoms with E-state index in [1.807, 2.05) is 0 Å². The molecule has 186 valence electrons. The van der Waals surface area contributed by atoms with E-state index in [0.29, 0.717) is 0 Å². The van der Waals surface area contributed by atoms with E-state index >= 15 is 4.39 Å². The molecule has 3 aromatic rings. The average Bonchev–Trinajstić information content (AvgIpc) is 3.26. The number of benzene rings is 3. The van der Waals surface area contributed by atoms with Crippen LogP contribution in [0.25, 0.3) is 11.1 Å². The topological polar surface area (TPSA) is 108 Å². The van der Waals surface area contributed by atoms with Crippen LogP contribution in [-0.4, -0.2) is 30.8 Å². The molecule has 1 amide bonds. The van der Waals surface area contributed by atoms with Gasteiger partial charge in [-0.1, -0.05) is 41.9 Å². The lowest BCUT2D eigenvalue weighted by Gasteiger charge is -2.19. The number of rotatable bonds is 6. The smallest absolute Gasteiger partial charge is 0.421 e. The fraction of sp³-hybridized carbons (Fsp3) is 0.208. The van der Waals surface area contributed by atoms with E-state index in [2.05, 4.69) is 10.5 Å². The molecule has 0 saturated carbocycles. The van der Waals surface area contributed by atoms with Crippen molar-refractivity contribution in [1.29, 1.82) is 0 Å². The second-order valence-corrected chi connectivity index (χ2v) is 7.69. The molecule has 6 nitrogen and oxygen atoms in total. The van der Waals surface area contributed by atoms with Gasteiger partial charge in [-0.05, 0) is 24.7 Å². The van der Waals surface area contributed by atoms with Gasteiger partial charge in [0, 0.05) is 29.2 Å². The maximum Gasteiger partial charge on any atom is 0.421 e. The Kier molecular flexibility index (Phi) is 7.89. The highest BCUT2D eigenvalue weighted by Gasteiger charge is 2.36. The molecule has 1 aliphatic rings. The second kappa shape index (κ2) is 10.5. The van der Waals surface area contributed by atoms with Crippen molar-refractivity contribution in [3.8, 4) is 22.6 Å². The summed E-state index contributed by atoms with van der Waals surface area (Å²) in [7, 11) is 1.50. The molecule has 0 saturated heterocycles. The third-order valence-corrected chi connectivity index (χ3v) is 5.55. The average molecular weight is 513 g/mol. The second-order valence-electron chi connectivity index (χ2n) is 7.31. The van der Waals surface area contributed by atoms with Crippen LogP contribution in [0.15, 0.2) is 48.5 Å². The molecule has 0 radical (unpaired) electrons. The first-order valence-electron chi connectivity index (χ1n) is 10.2. The lowest BCUT2D eigenvalue weighted by Crippen LogP contribution is -2.29. The van der Waals surface area contributed by atoms with Crippen molar-refractivity contribution < 1.29 is 36.9 Å². The van der Waals surface area contributed by atoms with Gasteiger partial charge in [-0.2, -0.15) is 8.78 Å². The van der Waals surface area contributed by atoms with E-state index in [9.17, 15) is 18.0 Å². The molecular formula is C24H21ClF4N2O4. The summed E-state index contributed by atoms with van der Waals surface area (Å²) in [5.74, 6) is -4.42. The summed E-state index contributed by atoms with van der Waals surface area (Å²) in [6, 6.07) is 11.7. The lowest BCUT2D eigenvalue weighted by atomic mass is 9.91. The lowest BCUT2D eigenvalue weighted by molar-refractivity contribution is -0.202. The maximum atomic E-state index is 15.5. The molecule has 0 fully saturated rings. The van der Waals surface area contributed by atoms with Crippen LogP contribution in [0.2, 0.25) is 5.02 Å². The number of halogens is 5. The molecule has 5 N–H and O–H groups in total. The molecule has 0 aliphatic carbocycles. The zero-order valence-electron chi connectivity index (χ0n) is 18.3. The molecule has 4 rings (SSSR count). The van der Waals surface area contributed by atoms with Gasteiger partial charge in [0.05, 0.1) is 10.6 Å². The number of hydrogen-bond donors (Lipinski definition) is 3. The summed E-state index contributed by atoms with van der Waals surface area (Å²) >= 11 is 6.19. The van der Waals surface area contributed by atoms with Gasteiger partial charge in [-0.3, -0.25) is 4.79 Å². The molecule has 11 heteroatoms. The Bertz CT molecular complexity index is 1240. The Labute approximate surface area is 203 Å². The molecule has 0 spiro atoms. The first-order valence-corrected chi connectivity index (χ1v) is 10.6. The fourth-order valence-electron chi connectivity index (χ4n) is 3.72. The van der Waals surface area contributed by atoms with Crippen molar-refractivity contribution >= 4 is 17.5 Å². The third-order valence-electron chi connectivity index (χ3n) is 5.18. The number of carbonyl (C=O) groups is 1. The van der Waals surface area contributed by atoms with Gasteiger partial charge in [-0.25, -0.2) is 8.78 Å². The minimum Gasteiger partial charge on any atom is -0.485 e. The summed E-state index contributed by atoms with van der Waals surface area (Å²) in [6.07, 6.45) is -4.54. The van der Waals surface area contributed by atoms with E-state index in [-0.39, 0.29) is 23.3 Å². The van der Waals surface area contributed by atoms with E-state index < -0.39 is 58.3 Å². The van der Waals surface area contributed by atoms with Gasteiger partial charge >= 0.3 is 6.11 Å². The predicted molar refractivity (Wildman–Crippen MR) is 122 cm³/mol. The Morgan fingerprint density at radius 1 is 1.17 bits per heavy atom. The summed E-state index contributed by atoms with van der Waals surface area (Å²) in [6.45, 7) is -1.72. The van der Waals surface area contributed by atoms with Gasteiger partial charge in [-0.15, -0.1) is 0 Å². The summed E-state index contributed by atoms with van der Waals surface area (Å²) in [4.78, 5) is 12.0. The number of hydrogen-bond acceptors (Lipinski definition) is 5. The summed E-state index contributed by atoms with van der Waals surface area (Å²) < 4.78 is 67.5. The van der Waals surface area contributed by atoms with Crippen LogP contribution >= 0.6 is 11.6 Å². The molecular weight excluding hydrogens is 492 g/mol. The quantitative estimate of drug-likeness (QED) is 0.418. The molecule has 1 aliphatic heterocycles. The Morgan fingerprint density at radius 2 is 1.83 bits per heavy atom. The Balaban J connectivity index is 0.00000167. The molecule has 35 heavy (non-hydrogen) atoms. The monoisotopic (exact) mass is 512 g/mol. The highest BCUT2D eigenvalue weighted by atomic mass is 35.5. The first-order chi connectivity index (χ1) is 16.6. The van der Waals surface area contributed by atoms with Crippen LogP contribution in [0.1, 0.15) is 27.6 Å². The van der Waals surface area contributed by atoms with Crippen molar-refractivity contribution in [2.75, 3.05) is 13.7 Å². The highest BCUT2D eigenvalue weighted by Crippen LogP contribution is 2.48. The number of alkyl halides is 2. The third kappa shape index (κ3) is 5.19. The Morgan fingerprint density at radius 3 is 2.43 bits per heavy atom. The van der Waals surface area contributed by atoms with Gasteiger partial charge in [0.15, 0.2) is 11.6 Å². The minimum absolute atomic E-state index is 0.0579. The molecule has 3 aromatic carbocycles. The number of aliphatic hydroxyl groups is 1. The SMILES string of the molecule is CN.NC(=O)c1ccc(OC(F)(F)CO)c(F)c1-c1c(Cl)c(F)cc2c1CC(c1ccccc1)O2. The van der Waals surface area contributed by atoms with Crippen molar-refractivity contribution in [2.45, 2.75) is 18.6 Å². The van der Waals surface area contributed by atoms with Crippen molar-refractivity contribution in [2.24, 2.45) is 11.5 Å². The largest absolute Gasteiger partial charge is 0.485 e. The van der Waals surface area contributed by atoms with E-state index in [1.54, 1.807) is 30.3 Å². The zero-order valence-corrected chi connectivity index (χ0v) is 19.1. The number of carbonyl (C=O) groups excluding carboxylic acids is 1. The number of fused-ring (bicyclic) bond motifs is 1. The van der Waals surface area contributed by atoms with Crippen LogP contribution in [-0.2, 0) is 6.42 Å². The van der Waals surface area contributed by atoms with Gasteiger partial charge in [0.2, 0.25) is 5.91 Å². The molecule has 0 bridgehead atoms.